The summed E-state index contributed by atoms with van der Waals surface area (Å²) in [7, 11) is 11.4. The maximum atomic E-state index is 5.49. The summed E-state index contributed by atoms with van der Waals surface area (Å²) in [6, 6.07) is 24.0. The van der Waals surface area contributed by atoms with Crippen molar-refractivity contribution in [1.82, 2.24) is 93.1 Å². The van der Waals surface area contributed by atoms with Crippen molar-refractivity contribution in [2.75, 3.05) is 192 Å². The van der Waals surface area contributed by atoms with E-state index in [2.05, 4.69) is 288 Å². The molecule has 0 N–H and O–H groups in total. The molecule has 2 saturated carbocycles. The van der Waals surface area contributed by atoms with Crippen molar-refractivity contribution in [3.63, 3.8) is 0 Å². The summed E-state index contributed by atoms with van der Waals surface area (Å²) in [6.45, 7) is 84.5. The molecule has 22 bridgehead atoms. The number of ether oxygens (including phenoxy) is 1. The summed E-state index contributed by atoms with van der Waals surface area (Å²) in [6.07, 6.45) is 36.5. The third-order valence-electron chi connectivity index (χ3n) is 38.1. The van der Waals surface area contributed by atoms with Crippen molar-refractivity contribution in [1.29, 1.82) is 0 Å². The standard InChI is InChI=1S/C12H22N2.2C11H22N2.C11H21N.3C10H20N2.2C9H18N2.C9H17N.C8H15NO/c1-9(2)13-5-6-14-11-4-3-10(7-11)12(14)8-13;1-9(2)13-7-6-10-4-5-11(8-13)12(10)3;1-9(2)13-10-4-5-11(13)8-12(3)7-6-10;1-8(2)12-10-4-5-11(12)7-9(3)6-10;1-8(2)12-6-9-4-5-10(7-12)11(9)3;1-8(2)12-9-4-5-10(12)7-11(3)6-9;1-9(2)12-8-7-11-5-3-10(12)4-6-11;1-7(2)11-6-8-4-9(11)5-10(8)3;1-8(2)11-6-5-10-4-3-9(11)7-10;1-7(2)10-6-8-3-4-9(10)5-8;1-6(2)9-4-8-3-7(9)5-10-8/h9-12H,3-8H2,1-2H3;2*9-11H,4-8H2,1-3H3;8-11H,4-7H2,1-3H3;2*8-10H,4-7H2,1-3H3;9-10H,3-8H2,1-2H3;7-9H,4-6H2,1-3H3;8-9H,3-7H2,1-2H3;7-9H,3-6H2,1-2H3;6-8H,3-5H2,1-2H3. The van der Waals surface area contributed by atoms with Gasteiger partial charge in [-0.15, -0.1) is 0 Å². The Kier molecular flexibility index (Phi) is 40.4. The number of morpholine rings is 1. The van der Waals surface area contributed by atoms with Gasteiger partial charge in [0, 0.05) is 293 Å². The molecule has 130 heavy (non-hydrogen) atoms. The maximum Gasteiger partial charge on any atom is 0.0718 e. The van der Waals surface area contributed by atoms with Crippen LogP contribution in [0.5, 0.6) is 0 Å². The van der Waals surface area contributed by atoms with Gasteiger partial charge in [-0.05, 0) is 399 Å². The van der Waals surface area contributed by atoms with E-state index in [1.165, 1.54) is 311 Å². The molecule has 21 unspecified atom stereocenters. The molecule has 2 aliphatic carbocycles. The van der Waals surface area contributed by atoms with Crippen LogP contribution in [0.4, 0.5) is 0 Å². The molecular weight excluding hydrogens is 1600 g/mol. The highest BCUT2D eigenvalue weighted by atomic mass is 16.5. The first-order chi connectivity index (χ1) is 61.9. The zero-order valence-electron chi connectivity index (χ0n) is 90.6. The number of likely N-dealkylation sites (N-methyl/N-ethyl adjacent to an activating group) is 5. The van der Waals surface area contributed by atoms with Crippen LogP contribution in [-0.4, -0.2) is 467 Å². The number of piperazine rings is 5. The lowest BCUT2D eigenvalue weighted by molar-refractivity contribution is 0.0179. The molecule has 20 nitrogen and oxygen atoms in total. The fourth-order valence-electron chi connectivity index (χ4n) is 30.8. The van der Waals surface area contributed by atoms with Gasteiger partial charge in [0.05, 0.1) is 12.7 Å². The van der Waals surface area contributed by atoms with E-state index in [0.29, 0.717) is 12.1 Å². The average Bonchev–Trinajstić information content (AvgIpc) is 1.61. The van der Waals surface area contributed by atoms with Gasteiger partial charge in [-0.25, -0.2) is 0 Å². The molecule has 0 aromatic carbocycles. The minimum Gasteiger partial charge on any atom is -0.375 e. The van der Waals surface area contributed by atoms with Crippen LogP contribution in [0.25, 0.3) is 0 Å². The van der Waals surface area contributed by atoms with Crippen LogP contribution in [0.2, 0.25) is 0 Å². The third kappa shape index (κ3) is 27.5. The number of piperidine rings is 4. The molecule has 22 aliphatic heterocycles. The number of nitrogens with zero attached hydrogens (tertiary/aromatic N) is 19. The Hall–Kier alpha value is -0.800. The summed E-state index contributed by atoms with van der Waals surface area (Å²) < 4.78 is 5.49. The molecule has 22 saturated heterocycles. The molecule has 756 valence electrons. The van der Waals surface area contributed by atoms with E-state index >= 15 is 0 Å². The van der Waals surface area contributed by atoms with Gasteiger partial charge in [-0.3, -0.25) is 68.6 Å². The van der Waals surface area contributed by atoms with Crippen molar-refractivity contribution in [3.8, 4) is 0 Å². The summed E-state index contributed by atoms with van der Waals surface area (Å²) in [5.41, 5.74) is 0. The normalized spacial score (nSPS) is 39.2. The third-order valence-corrected chi connectivity index (χ3v) is 38.1. The lowest BCUT2D eigenvalue weighted by Gasteiger charge is -2.45. The Balaban J connectivity index is 0.000000122. The van der Waals surface area contributed by atoms with Crippen molar-refractivity contribution in [2.45, 2.75) is 501 Å². The minimum absolute atomic E-state index is 0.562. The van der Waals surface area contributed by atoms with E-state index in [-0.39, 0.29) is 0 Å². The maximum absolute atomic E-state index is 5.49. The molecule has 0 radical (unpaired) electrons. The highest BCUT2D eigenvalue weighted by Crippen LogP contribution is 2.46. The Morgan fingerprint density at radius 1 is 0.231 bits per heavy atom. The second-order valence-electron chi connectivity index (χ2n) is 50.3. The molecule has 0 aromatic heterocycles. The monoisotopic (exact) mass is 1820 g/mol. The van der Waals surface area contributed by atoms with Gasteiger partial charge in [0.25, 0.3) is 0 Å². The van der Waals surface area contributed by atoms with Crippen LogP contribution in [-0.2, 0) is 4.74 Å². The van der Waals surface area contributed by atoms with Crippen LogP contribution >= 0.6 is 0 Å². The predicted molar refractivity (Wildman–Crippen MR) is 552 cm³/mol. The van der Waals surface area contributed by atoms with Crippen LogP contribution in [0.15, 0.2) is 0 Å². The van der Waals surface area contributed by atoms with E-state index in [0.717, 1.165) is 194 Å². The molecule has 24 fully saturated rings. The average molecular weight is 1820 g/mol. The van der Waals surface area contributed by atoms with E-state index in [1.807, 2.05) is 0 Å². The molecular formula is C110H215N19O. The van der Waals surface area contributed by atoms with E-state index in [9.17, 15) is 0 Å². The number of rotatable bonds is 11. The Bertz CT molecular complexity index is 3110. The SMILES string of the molecule is CC(C)N1C2CCC1CN(C)C2.CC(C)N1C2CCC1CN(C)CC2.CC(C)N1CC2CC1CN2C.CC(C)N1CC2CC1CO2.CC(C)N1CC2CCC(C1)N2C.CC(C)N1CC2CCC1C2.CC(C)N1CCC2CCC(C1)N2C.CC(C)N1CCN2C3CCC(C3)C2C1.CC(C)N1CCN2CCC1C2.CC(C)N1CCN2CCC1CC2.CC1CC2CCC(C1)N2C(C)C. The summed E-state index contributed by atoms with van der Waals surface area (Å²) in [4.78, 5) is 50.1. The number of hydrogen-bond donors (Lipinski definition) is 0. The van der Waals surface area contributed by atoms with Gasteiger partial charge < -0.3 is 29.2 Å². The van der Waals surface area contributed by atoms with Gasteiger partial charge in [-0.2, -0.15) is 0 Å². The summed E-state index contributed by atoms with van der Waals surface area (Å²) in [5.74, 6) is 3.09. The molecule has 24 rings (SSSR count). The van der Waals surface area contributed by atoms with E-state index < -0.39 is 0 Å². The first-order valence-corrected chi connectivity index (χ1v) is 56.6. The fourth-order valence-corrected chi connectivity index (χ4v) is 30.8. The second kappa shape index (κ2) is 49.3. The quantitative estimate of drug-likeness (QED) is 0.197. The van der Waals surface area contributed by atoms with Crippen molar-refractivity contribution in [3.05, 3.63) is 0 Å². The molecule has 0 aromatic rings. The number of hydrogen-bond acceptors (Lipinski definition) is 20. The largest absolute Gasteiger partial charge is 0.375 e. The molecule has 21 atom stereocenters. The Morgan fingerprint density at radius 3 is 1.17 bits per heavy atom. The number of fused-ring (bicyclic) bond motifs is 27. The van der Waals surface area contributed by atoms with Crippen LogP contribution in [0.3, 0.4) is 0 Å². The van der Waals surface area contributed by atoms with Gasteiger partial charge in [0.1, 0.15) is 0 Å². The van der Waals surface area contributed by atoms with Crippen molar-refractivity contribution < 1.29 is 4.74 Å². The smallest absolute Gasteiger partial charge is 0.0718 e. The first kappa shape index (κ1) is 107. The topological polar surface area (TPSA) is 70.8 Å². The zero-order chi connectivity index (χ0) is 93.4. The molecule has 24 aliphatic rings. The summed E-state index contributed by atoms with van der Waals surface area (Å²) >= 11 is 0. The Morgan fingerprint density at radius 2 is 0.677 bits per heavy atom. The first-order valence-electron chi connectivity index (χ1n) is 56.6. The highest BCUT2D eigenvalue weighted by molar-refractivity contribution is 5.06. The lowest BCUT2D eigenvalue weighted by Crippen LogP contribution is -2.56. The van der Waals surface area contributed by atoms with Gasteiger partial charge in [0.2, 0.25) is 0 Å². The fraction of sp³-hybridized carbons (Fsp3) is 1.00. The van der Waals surface area contributed by atoms with Gasteiger partial charge >= 0.3 is 0 Å². The van der Waals surface area contributed by atoms with Gasteiger partial charge in [-0.1, -0.05) is 6.92 Å². The van der Waals surface area contributed by atoms with Crippen LogP contribution in [0, 0.1) is 17.8 Å². The number of likely N-dealkylation sites (tertiary alicyclic amines) is 8. The van der Waals surface area contributed by atoms with E-state index in [1.54, 1.807) is 0 Å². The van der Waals surface area contributed by atoms with Crippen molar-refractivity contribution >= 4 is 0 Å². The van der Waals surface area contributed by atoms with Crippen LogP contribution < -0.4 is 0 Å². The van der Waals surface area contributed by atoms with Crippen LogP contribution in [0.1, 0.15) is 320 Å². The minimum atomic E-state index is 0.562. The lowest BCUT2D eigenvalue weighted by atomic mass is 9.91. The van der Waals surface area contributed by atoms with E-state index in [4.69, 9.17) is 4.74 Å². The van der Waals surface area contributed by atoms with Gasteiger partial charge in [0.15, 0.2) is 0 Å². The van der Waals surface area contributed by atoms with Crippen molar-refractivity contribution in [2.24, 2.45) is 17.8 Å². The molecule has 0 spiro atoms. The molecule has 0 amide bonds. The Labute approximate surface area is 804 Å². The summed E-state index contributed by atoms with van der Waals surface area (Å²) in [5, 5.41) is 0. The highest BCUT2D eigenvalue weighted by Gasteiger charge is 2.50. The molecule has 20 heteroatoms. The zero-order valence-corrected chi connectivity index (χ0v) is 90.6. The molecule has 22 heterocycles. The predicted octanol–water partition coefficient (Wildman–Crippen LogP) is 15.2. The second-order valence-corrected chi connectivity index (χ2v) is 50.3.